The van der Waals surface area contributed by atoms with Gasteiger partial charge < -0.3 is 9.80 Å². The second-order valence-electron chi connectivity index (χ2n) is 9.59. The van der Waals surface area contributed by atoms with E-state index in [4.69, 9.17) is 21.6 Å². The minimum Gasteiger partial charge on any atom is -0.352 e. The number of halogens is 1. The van der Waals surface area contributed by atoms with Gasteiger partial charge in [0.15, 0.2) is 0 Å². The maximum Gasteiger partial charge on any atom is 0.253 e. The van der Waals surface area contributed by atoms with Gasteiger partial charge in [-0.2, -0.15) is 0 Å². The van der Waals surface area contributed by atoms with Crippen LogP contribution in [0.2, 0.25) is 5.02 Å². The minimum absolute atomic E-state index is 0.0732. The Labute approximate surface area is 204 Å². The van der Waals surface area contributed by atoms with Crippen molar-refractivity contribution in [2.24, 2.45) is 5.92 Å². The van der Waals surface area contributed by atoms with Crippen LogP contribution in [0.4, 0.5) is 5.82 Å². The van der Waals surface area contributed by atoms with Crippen molar-refractivity contribution >= 4 is 44.9 Å². The molecule has 5 nitrogen and oxygen atoms in total. The zero-order chi connectivity index (χ0) is 22.9. The van der Waals surface area contributed by atoms with E-state index in [1.165, 1.54) is 41.5 Å². The van der Waals surface area contributed by atoms with Crippen LogP contribution in [0.1, 0.15) is 59.7 Å². The Morgan fingerprint density at radius 2 is 1.76 bits per heavy atom. The zero-order valence-corrected chi connectivity index (χ0v) is 21.0. The fourth-order valence-electron chi connectivity index (χ4n) is 4.94. The van der Waals surface area contributed by atoms with Gasteiger partial charge in [-0.1, -0.05) is 31.9 Å². The molecule has 0 atom stereocenters. The van der Waals surface area contributed by atoms with Crippen molar-refractivity contribution in [3.63, 3.8) is 0 Å². The Bertz CT molecular complexity index is 1150. The molecule has 3 aromatic rings. The van der Waals surface area contributed by atoms with Crippen LogP contribution in [0.25, 0.3) is 10.2 Å². The third kappa shape index (κ3) is 4.73. The quantitative estimate of drug-likeness (QED) is 0.442. The minimum atomic E-state index is 0.0732. The number of rotatable bonds is 4. The highest BCUT2D eigenvalue weighted by Crippen LogP contribution is 2.39. The predicted molar refractivity (Wildman–Crippen MR) is 137 cm³/mol. The summed E-state index contributed by atoms with van der Waals surface area (Å²) >= 11 is 7.87. The van der Waals surface area contributed by atoms with Crippen molar-refractivity contribution in [3.8, 4) is 0 Å². The highest BCUT2D eigenvalue weighted by atomic mass is 35.5. The molecule has 1 aliphatic carbocycles. The topological polar surface area (TPSA) is 49.3 Å². The molecule has 1 amide bonds. The van der Waals surface area contributed by atoms with Gasteiger partial charge in [0.25, 0.3) is 5.91 Å². The monoisotopic (exact) mass is 482 g/mol. The van der Waals surface area contributed by atoms with Crippen molar-refractivity contribution in [1.82, 2.24) is 14.9 Å². The highest BCUT2D eigenvalue weighted by molar-refractivity contribution is 7.19. The van der Waals surface area contributed by atoms with E-state index in [1.54, 1.807) is 12.1 Å². The van der Waals surface area contributed by atoms with Crippen LogP contribution in [0, 0.1) is 5.92 Å². The van der Waals surface area contributed by atoms with E-state index < -0.39 is 0 Å². The molecule has 0 bridgehead atoms. The lowest BCUT2D eigenvalue weighted by Crippen LogP contribution is -2.49. The molecule has 0 spiro atoms. The fourth-order valence-corrected chi connectivity index (χ4v) is 6.34. The van der Waals surface area contributed by atoms with Crippen molar-refractivity contribution in [2.75, 3.05) is 31.1 Å². The molecule has 2 aromatic heterocycles. The molecule has 0 saturated carbocycles. The van der Waals surface area contributed by atoms with Crippen LogP contribution in [0.5, 0.6) is 0 Å². The van der Waals surface area contributed by atoms with E-state index in [1.807, 2.05) is 28.4 Å². The number of carbonyl (C=O) groups is 1. The fraction of sp³-hybridized carbons (Fsp3) is 0.500. The maximum atomic E-state index is 13.0. The Kier molecular flexibility index (Phi) is 6.57. The van der Waals surface area contributed by atoms with E-state index in [0.717, 1.165) is 42.4 Å². The van der Waals surface area contributed by atoms with Gasteiger partial charge in [0.2, 0.25) is 0 Å². The smallest absolute Gasteiger partial charge is 0.253 e. The zero-order valence-electron chi connectivity index (χ0n) is 19.4. The van der Waals surface area contributed by atoms with Gasteiger partial charge >= 0.3 is 0 Å². The van der Waals surface area contributed by atoms with Gasteiger partial charge in [0.1, 0.15) is 16.5 Å². The van der Waals surface area contributed by atoms with Gasteiger partial charge in [0.05, 0.1) is 5.39 Å². The van der Waals surface area contributed by atoms with Crippen LogP contribution >= 0.6 is 22.9 Å². The second kappa shape index (κ2) is 9.59. The Morgan fingerprint density at radius 3 is 2.48 bits per heavy atom. The van der Waals surface area contributed by atoms with E-state index >= 15 is 0 Å². The average molecular weight is 483 g/mol. The molecule has 1 aliphatic heterocycles. The number of benzene rings is 1. The first-order chi connectivity index (χ1) is 16.0. The van der Waals surface area contributed by atoms with Crippen molar-refractivity contribution < 1.29 is 4.79 Å². The van der Waals surface area contributed by atoms with E-state index in [2.05, 4.69) is 18.7 Å². The Morgan fingerprint density at radius 1 is 1.03 bits per heavy atom. The summed E-state index contributed by atoms with van der Waals surface area (Å²) in [5.74, 6) is 2.63. The number of thiophene rings is 1. The first-order valence-corrected chi connectivity index (χ1v) is 13.3. The molecule has 0 unspecified atom stereocenters. The summed E-state index contributed by atoms with van der Waals surface area (Å²) in [6, 6.07) is 7.18. The van der Waals surface area contributed by atoms with Gasteiger partial charge in [-0.05, 0) is 61.4 Å². The van der Waals surface area contributed by atoms with Gasteiger partial charge in [-0.3, -0.25) is 4.79 Å². The number of hydrogen-bond acceptors (Lipinski definition) is 5. The SMILES string of the molecule is CC(C)Cc1nc(N2CCN(C(=O)c3ccc(Cl)cc3)CC2)c2c3c(sc2n1)CCCCC3. The summed E-state index contributed by atoms with van der Waals surface area (Å²) in [4.78, 5) is 30.1. The van der Waals surface area contributed by atoms with E-state index in [9.17, 15) is 4.79 Å². The molecule has 1 aromatic carbocycles. The Hall–Kier alpha value is -2.18. The molecule has 5 rings (SSSR count). The molecule has 33 heavy (non-hydrogen) atoms. The van der Waals surface area contributed by atoms with Crippen molar-refractivity contribution in [1.29, 1.82) is 0 Å². The number of fused-ring (bicyclic) bond motifs is 3. The lowest BCUT2D eigenvalue weighted by Gasteiger charge is -2.36. The molecule has 2 aliphatic rings. The van der Waals surface area contributed by atoms with E-state index in [-0.39, 0.29) is 5.91 Å². The summed E-state index contributed by atoms with van der Waals surface area (Å²) in [6.07, 6.45) is 7.00. The number of carbonyl (C=O) groups excluding carboxylic acids is 1. The normalized spacial score (nSPS) is 16.8. The largest absolute Gasteiger partial charge is 0.352 e. The summed E-state index contributed by atoms with van der Waals surface area (Å²) in [7, 11) is 0. The predicted octanol–water partition coefficient (Wildman–Crippen LogP) is 5.77. The standard InChI is InChI=1S/C26H31ClN4OS/c1-17(2)16-22-28-24(23-20-6-4-3-5-7-21(20)33-25(23)29-22)30-12-14-31(15-13-30)26(32)18-8-10-19(27)11-9-18/h8-11,17H,3-7,12-16H2,1-2H3. The highest BCUT2D eigenvalue weighted by Gasteiger charge is 2.27. The molecule has 7 heteroatoms. The van der Waals surface area contributed by atoms with Crippen molar-refractivity contribution in [2.45, 2.75) is 52.4 Å². The van der Waals surface area contributed by atoms with Crippen LogP contribution in [0.15, 0.2) is 24.3 Å². The molecular weight excluding hydrogens is 452 g/mol. The molecule has 3 heterocycles. The molecule has 174 valence electrons. The Balaban J connectivity index is 1.43. The number of piperazine rings is 1. The van der Waals surface area contributed by atoms with Crippen LogP contribution < -0.4 is 4.90 Å². The lowest BCUT2D eigenvalue weighted by molar-refractivity contribution is 0.0746. The number of nitrogens with zero attached hydrogens (tertiary/aromatic N) is 4. The third-order valence-electron chi connectivity index (χ3n) is 6.64. The molecule has 0 N–H and O–H groups in total. The first kappa shape index (κ1) is 22.6. The lowest BCUT2D eigenvalue weighted by atomic mass is 10.1. The maximum absolute atomic E-state index is 13.0. The number of amides is 1. The molecule has 0 radical (unpaired) electrons. The summed E-state index contributed by atoms with van der Waals surface area (Å²) in [5, 5.41) is 1.93. The third-order valence-corrected chi connectivity index (χ3v) is 8.08. The van der Waals surface area contributed by atoms with Crippen LogP contribution in [-0.2, 0) is 19.3 Å². The average Bonchev–Trinajstić information content (AvgIpc) is 2.99. The number of hydrogen-bond donors (Lipinski definition) is 0. The van der Waals surface area contributed by atoms with Crippen LogP contribution in [-0.4, -0.2) is 47.0 Å². The molecular formula is C26H31ClN4OS. The summed E-state index contributed by atoms with van der Waals surface area (Å²) in [5.41, 5.74) is 2.18. The summed E-state index contributed by atoms with van der Waals surface area (Å²) in [6.45, 7) is 7.40. The number of aryl methyl sites for hydroxylation is 2. The molecule has 1 fully saturated rings. The van der Waals surface area contributed by atoms with Gasteiger partial charge in [0, 0.05) is 48.1 Å². The number of aromatic nitrogens is 2. The van der Waals surface area contributed by atoms with E-state index in [0.29, 0.717) is 29.6 Å². The summed E-state index contributed by atoms with van der Waals surface area (Å²) < 4.78 is 0. The van der Waals surface area contributed by atoms with Gasteiger partial charge in [-0.15, -0.1) is 11.3 Å². The number of anilines is 1. The second-order valence-corrected chi connectivity index (χ2v) is 11.1. The first-order valence-electron chi connectivity index (χ1n) is 12.1. The van der Waals surface area contributed by atoms with Crippen LogP contribution in [0.3, 0.4) is 0 Å². The van der Waals surface area contributed by atoms with Gasteiger partial charge in [-0.25, -0.2) is 9.97 Å². The molecule has 1 saturated heterocycles. The van der Waals surface area contributed by atoms with Crippen molar-refractivity contribution in [3.05, 3.63) is 51.1 Å².